The summed E-state index contributed by atoms with van der Waals surface area (Å²) in [5, 5.41) is 1.24. The van der Waals surface area contributed by atoms with Crippen LogP contribution in [-0.4, -0.2) is 11.5 Å². The Morgan fingerprint density at radius 2 is 2.21 bits per heavy atom. The van der Waals surface area contributed by atoms with Gasteiger partial charge in [0.2, 0.25) is 0 Å². The van der Waals surface area contributed by atoms with Crippen molar-refractivity contribution >= 4 is 26.8 Å². The Hall–Kier alpha value is -0.800. The van der Waals surface area contributed by atoms with Crippen LogP contribution in [-0.2, 0) is 6.42 Å². The number of H-pyrrole nitrogens is 1. The molecule has 2 nitrogen and oxygen atoms in total. The molecule has 3 heteroatoms. The third kappa shape index (κ3) is 1.47. The molecule has 2 aromatic rings. The highest BCUT2D eigenvalue weighted by atomic mass is 79.9. The first-order valence-electron chi connectivity index (χ1n) is 4.69. The van der Waals surface area contributed by atoms with Gasteiger partial charge in [-0.05, 0) is 35.0 Å². The quantitative estimate of drug-likeness (QED) is 0.848. The van der Waals surface area contributed by atoms with E-state index < -0.39 is 0 Å². The summed E-state index contributed by atoms with van der Waals surface area (Å²) in [4.78, 5) is 3.41. The minimum Gasteiger partial charge on any atom is -0.357 e. The number of halogens is 1. The van der Waals surface area contributed by atoms with Gasteiger partial charge in [0.1, 0.15) is 0 Å². The van der Waals surface area contributed by atoms with Crippen molar-refractivity contribution in [3.8, 4) is 0 Å². The molecule has 0 aliphatic heterocycles. The SMILES string of the molecule is Cc1cccc2c(Br)c(CCN)[nH]c12. The Bertz CT molecular complexity index is 460. The lowest BCUT2D eigenvalue weighted by atomic mass is 10.2. The molecular formula is C11H13BrN2. The molecular weight excluding hydrogens is 240 g/mol. The smallest absolute Gasteiger partial charge is 0.0497 e. The molecule has 3 N–H and O–H groups in total. The fraction of sp³-hybridized carbons (Fsp3) is 0.273. The van der Waals surface area contributed by atoms with Gasteiger partial charge >= 0.3 is 0 Å². The Morgan fingerprint density at radius 1 is 1.43 bits per heavy atom. The summed E-state index contributed by atoms with van der Waals surface area (Å²) >= 11 is 3.60. The number of nitrogens with two attached hydrogens (primary N) is 1. The first kappa shape index (κ1) is 9.74. The van der Waals surface area contributed by atoms with Crippen LogP contribution in [0.1, 0.15) is 11.3 Å². The molecule has 74 valence electrons. The summed E-state index contributed by atoms with van der Waals surface area (Å²) in [6, 6.07) is 6.29. The molecule has 0 radical (unpaired) electrons. The Labute approximate surface area is 91.6 Å². The van der Waals surface area contributed by atoms with Gasteiger partial charge in [0.25, 0.3) is 0 Å². The van der Waals surface area contributed by atoms with Crippen LogP contribution in [0, 0.1) is 6.92 Å². The van der Waals surface area contributed by atoms with Gasteiger partial charge in [-0.3, -0.25) is 0 Å². The largest absolute Gasteiger partial charge is 0.357 e. The molecule has 0 aliphatic carbocycles. The van der Waals surface area contributed by atoms with Gasteiger partial charge in [0.15, 0.2) is 0 Å². The van der Waals surface area contributed by atoms with Crippen LogP contribution in [0.4, 0.5) is 0 Å². The van der Waals surface area contributed by atoms with E-state index in [0.29, 0.717) is 6.54 Å². The molecule has 0 spiro atoms. The van der Waals surface area contributed by atoms with E-state index in [1.165, 1.54) is 22.2 Å². The number of aromatic nitrogens is 1. The van der Waals surface area contributed by atoms with Gasteiger partial charge in [0.05, 0.1) is 0 Å². The van der Waals surface area contributed by atoms with E-state index in [-0.39, 0.29) is 0 Å². The molecule has 1 aromatic heterocycles. The first-order valence-corrected chi connectivity index (χ1v) is 5.49. The normalized spacial score (nSPS) is 11.1. The summed E-state index contributed by atoms with van der Waals surface area (Å²) in [5.74, 6) is 0. The molecule has 0 saturated heterocycles. The zero-order valence-corrected chi connectivity index (χ0v) is 9.69. The van der Waals surface area contributed by atoms with Crippen molar-refractivity contribution in [2.45, 2.75) is 13.3 Å². The van der Waals surface area contributed by atoms with Gasteiger partial charge in [-0.2, -0.15) is 0 Å². The number of para-hydroxylation sites is 1. The molecule has 1 aromatic carbocycles. The number of aryl methyl sites for hydroxylation is 1. The van der Waals surface area contributed by atoms with Crippen LogP contribution in [0.2, 0.25) is 0 Å². The second kappa shape index (κ2) is 3.75. The number of fused-ring (bicyclic) bond motifs is 1. The van der Waals surface area contributed by atoms with Crippen molar-refractivity contribution in [3.05, 3.63) is 33.9 Å². The monoisotopic (exact) mass is 252 g/mol. The van der Waals surface area contributed by atoms with Crippen LogP contribution >= 0.6 is 15.9 Å². The average molecular weight is 253 g/mol. The summed E-state index contributed by atoms with van der Waals surface area (Å²) in [6.07, 6.45) is 0.884. The maximum atomic E-state index is 5.55. The summed E-state index contributed by atoms with van der Waals surface area (Å²) < 4.78 is 1.15. The predicted octanol–water partition coefficient (Wildman–Crippen LogP) is 2.74. The van der Waals surface area contributed by atoms with Crippen molar-refractivity contribution in [1.29, 1.82) is 0 Å². The second-order valence-electron chi connectivity index (χ2n) is 3.45. The Morgan fingerprint density at radius 3 is 2.86 bits per heavy atom. The standard InChI is InChI=1S/C11H13BrN2/c1-7-3-2-4-8-10(12)9(5-6-13)14-11(7)8/h2-4,14H,5-6,13H2,1H3. The third-order valence-corrected chi connectivity index (χ3v) is 3.35. The molecule has 1 heterocycles. The Kier molecular flexibility index (Phi) is 2.61. The number of aromatic amines is 1. The molecule has 0 aliphatic rings. The highest BCUT2D eigenvalue weighted by Crippen LogP contribution is 2.29. The topological polar surface area (TPSA) is 41.8 Å². The molecule has 0 bridgehead atoms. The highest BCUT2D eigenvalue weighted by Gasteiger charge is 2.08. The van der Waals surface area contributed by atoms with Gasteiger partial charge in [0, 0.05) is 27.5 Å². The van der Waals surface area contributed by atoms with Gasteiger partial charge in [-0.25, -0.2) is 0 Å². The van der Waals surface area contributed by atoms with Gasteiger partial charge < -0.3 is 10.7 Å². The molecule has 0 saturated carbocycles. The lowest BCUT2D eigenvalue weighted by Crippen LogP contribution is -2.03. The number of rotatable bonds is 2. The van der Waals surface area contributed by atoms with Crippen molar-refractivity contribution < 1.29 is 0 Å². The summed E-state index contributed by atoms with van der Waals surface area (Å²) in [5.41, 5.74) is 9.22. The van der Waals surface area contributed by atoms with Crippen LogP contribution in [0.3, 0.4) is 0 Å². The first-order chi connectivity index (χ1) is 6.74. The zero-order valence-electron chi connectivity index (χ0n) is 8.10. The van der Waals surface area contributed by atoms with Crippen LogP contribution in [0.5, 0.6) is 0 Å². The Balaban J connectivity index is 2.67. The average Bonchev–Trinajstić information content (AvgIpc) is 2.48. The lowest BCUT2D eigenvalue weighted by Gasteiger charge is -1.93. The van der Waals surface area contributed by atoms with E-state index in [9.17, 15) is 0 Å². The van der Waals surface area contributed by atoms with E-state index in [1.54, 1.807) is 0 Å². The van der Waals surface area contributed by atoms with E-state index >= 15 is 0 Å². The fourth-order valence-electron chi connectivity index (χ4n) is 1.70. The minimum atomic E-state index is 0.671. The molecule has 0 unspecified atom stereocenters. The third-order valence-electron chi connectivity index (χ3n) is 2.44. The summed E-state index contributed by atoms with van der Waals surface area (Å²) in [7, 11) is 0. The van der Waals surface area contributed by atoms with E-state index in [0.717, 1.165) is 10.9 Å². The fourth-order valence-corrected chi connectivity index (χ4v) is 2.33. The van der Waals surface area contributed by atoms with Crippen LogP contribution < -0.4 is 5.73 Å². The molecule has 0 atom stereocenters. The highest BCUT2D eigenvalue weighted by molar-refractivity contribution is 9.10. The van der Waals surface area contributed by atoms with Crippen LogP contribution in [0.25, 0.3) is 10.9 Å². The number of hydrogen-bond donors (Lipinski definition) is 2. The zero-order chi connectivity index (χ0) is 10.1. The maximum absolute atomic E-state index is 5.55. The molecule has 2 rings (SSSR count). The van der Waals surface area contributed by atoms with Gasteiger partial charge in [-0.15, -0.1) is 0 Å². The minimum absolute atomic E-state index is 0.671. The van der Waals surface area contributed by atoms with Crippen molar-refractivity contribution in [2.75, 3.05) is 6.54 Å². The second-order valence-corrected chi connectivity index (χ2v) is 4.25. The lowest BCUT2D eigenvalue weighted by molar-refractivity contribution is 0.934. The van der Waals surface area contributed by atoms with Crippen molar-refractivity contribution in [2.24, 2.45) is 5.73 Å². The van der Waals surface area contributed by atoms with E-state index in [1.807, 2.05) is 0 Å². The van der Waals surface area contributed by atoms with E-state index in [4.69, 9.17) is 5.73 Å². The van der Waals surface area contributed by atoms with Gasteiger partial charge in [-0.1, -0.05) is 18.2 Å². The number of nitrogens with one attached hydrogen (secondary N) is 1. The van der Waals surface area contributed by atoms with Crippen LogP contribution in [0.15, 0.2) is 22.7 Å². The number of benzene rings is 1. The van der Waals surface area contributed by atoms with Crippen molar-refractivity contribution in [3.63, 3.8) is 0 Å². The molecule has 14 heavy (non-hydrogen) atoms. The maximum Gasteiger partial charge on any atom is 0.0497 e. The molecule has 0 amide bonds. The van der Waals surface area contributed by atoms with E-state index in [2.05, 4.69) is 46.0 Å². The number of hydrogen-bond acceptors (Lipinski definition) is 1. The predicted molar refractivity (Wildman–Crippen MR) is 63.5 cm³/mol. The summed E-state index contributed by atoms with van der Waals surface area (Å²) in [6.45, 7) is 2.78. The molecule has 0 fully saturated rings. The van der Waals surface area contributed by atoms with Crippen molar-refractivity contribution in [1.82, 2.24) is 4.98 Å².